The number of hydrogen-bond donors (Lipinski definition) is 3. The Morgan fingerprint density at radius 2 is 1.21 bits per heavy atom. The van der Waals surface area contributed by atoms with Crippen LogP contribution in [0.1, 0.15) is 50.7 Å². The predicted octanol–water partition coefficient (Wildman–Crippen LogP) is 7.56. The smallest absolute Gasteiger partial charge is 0.400 e. The molecule has 0 bridgehead atoms. The Labute approximate surface area is 266 Å². The molecule has 0 amide bonds. The average molecular weight is 798 g/mol. The zero-order valence-corrected chi connectivity index (χ0v) is 28.0. The van der Waals surface area contributed by atoms with Crippen LogP contribution in [0.4, 0.5) is 13.2 Å². The van der Waals surface area contributed by atoms with Crippen LogP contribution >= 0.6 is 0 Å². The van der Waals surface area contributed by atoms with Gasteiger partial charge < -0.3 is 10.2 Å². The Morgan fingerprint density at radius 1 is 0.721 bits per heavy atom. The molecular weight excluding hydrogens is 760 g/mol. The van der Waals surface area contributed by atoms with E-state index in [2.05, 4.69) is 93.3 Å². The van der Waals surface area contributed by atoms with Gasteiger partial charge in [0.05, 0.1) is 5.69 Å². The van der Waals surface area contributed by atoms with Gasteiger partial charge >= 0.3 is 15.6 Å². The van der Waals surface area contributed by atoms with Crippen molar-refractivity contribution in [2.75, 3.05) is 14.2 Å². The molecule has 1 radical (unpaired) electrons. The number of nitrogens with zero attached hydrogens (tertiary/aromatic N) is 1. The Bertz CT molecular complexity index is 1270. The molecule has 4 aromatic rings. The first-order valence-electron chi connectivity index (χ1n) is 12.7. The molecule has 43 heavy (non-hydrogen) atoms. The number of aliphatic hydroxyl groups is 2. The van der Waals surface area contributed by atoms with Gasteiger partial charge in [-0.2, -0.15) is 70.1 Å². The first-order valence-corrected chi connectivity index (χ1v) is 14.2. The van der Waals surface area contributed by atoms with Gasteiger partial charge in [-0.1, -0.05) is 63.9 Å². The predicted molar refractivity (Wildman–Crippen MR) is 161 cm³/mol. The molecule has 3 aromatic carbocycles. The first kappa shape index (κ1) is 42.2. The van der Waals surface area contributed by atoms with Gasteiger partial charge in [-0.3, -0.25) is 9.54 Å². The monoisotopic (exact) mass is 798 g/mol. The summed E-state index contributed by atoms with van der Waals surface area (Å²) < 4.78 is 57.5. The molecule has 1 heterocycles. The van der Waals surface area contributed by atoms with Crippen molar-refractivity contribution < 1.29 is 56.5 Å². The molecule has 0 fully saturated rings. The summed E-state index contributed by atoms with van der Waals surface area (Å²) in [5.41, 5.74) is 1.59. The third-order valence-electron chi connectivity index (χ3n) is 5.33. The summed E-state index contributed by atoms with van der Waals surface area (Å²) in [5, 5.41) is 14.0. The Kier molecular flexibility index (Phi) is 21.3. The van der Waals surface area contributed by atoms with Crippen molar-refractivity contribution in [1.29, 1.82) is 0 Å². The molecule has 239 valence electrons. The summed E-state index contributed by atoms with van der Waals surface area (Å²) in [6.45, 7) is 8.79. The van der Waals surface area contributed by atoms with Gasteiger partial charge in [0.25, 0.3) is 0 Å². The van der Waals surface area contributed by atoms with Crippen LogP contribution in [0.15, 0.2) is 91.1 Å². The molecule has 0 aliphatic heterocycles. The van der Waals surface area contributed by atoms with Crippen LogP contribution in [0.3, 0.4) is 0 Å². The van der Waals surface area contributed by atoms with Crippen LogP contribution < -0.4 is 0 Å². The molecule has 3 N–H and O–H groups in total. The van der Waals surface area contributed by atoms with E-state index < -0.39 is 15.6 Å². The van der Waals surface area contributed by atoms with Gasteiger partial charge in [0.15, 0.2) is 0 Å². The third-order valence-corrected chi connectivity index (χ3v) is 5.92. The maximum absolute atomic E-state index is 10.7. The van der Waals surface area contributed by atoms with Gasteiger partial charge in [-0.15, -0.1) is 11.6 Å². The zero-order valence-electron chi connectivity index (χ0n) is 24.8. The van der Waals surface area contributed by atoms with E-state index in [0.717, 1.165) is 31.0 Å². The van der Waals surface area contributed by atoms with Gasteiger partial charge in [-0.25, -0.2) is 11.1 Å². The Balaban J connectivity index is 0. The van der Waals surface area contributed by atoms with Crippen LogP contribution in [0.25, 0.3) is 22.4 Å². The van der Waals surface area contributed by atoms with Gasteiger partial charge in [0.1, 0.15) is 0 Å². The largest absolute Gasteiger partial charge is 0.522 e. The number of aromatic nitrogens is 1. The Hall–Kier alpha value is -2.92. The van der Waals surface area contributed by atoms with Crippen molar-refractivity contribution in [3.8, 4) is 22.4 Å². The second-order valence-electron chi connectivity index (χ2n) is 8.88. The second-order valence-corrected chi connectivity index (χ2v) is 10.3. The van der Waals surface area contributed by atoms with Crippen molar-refractivity contribution in [2.45, 2.75) is 45.0 Å². The maximum Gasteiger partial charge on any atom is 0.522 e. The SMILES string of the molecule is CC(C)c1c[c-]c(-c2[c-]cccc2)cc1.CC(C)c1ccc(-c2ccccn2)cc1.CO.CO.O=S(=O)(O)C(F)(F)F.[Ir]. The summed E-state index contributed by atoms with van der Waals surface area (Å²) >= 11 is 0. The van der Waals surface area contributed by atoms with E-state index in [1.165, 1.54) is 16.7 Å². The fraction of sp³-hybridized carbons (Fsp3) is 0.281. The number of alkyl halides is 3. The fourth-order valence-corrected chi connectivity index (χ4v) is 3.10. The summed E-state index contributed by atoms with van der Waals surface area (Å²) in [7, 11) is -3.84. The molecule has 0 aliphatic carbocycles. The summed E-state index contributed by atoms with van der Waals surface area (Å²) in [6.07, 6.45) is 1.83. The standard InChI is InChI=1S/C15H14.C14H15N.CHF3O3S.2CH4O.Ir/c1-12(2)13-8-10-15(11-9-13)14-6-4-3-5-7-14;1-11(2)12-6-8-13(9-7-12)14-5-3-4-10-15-14;2-1(3,4)8(5,6)7;2*1-2;/h3-6,8-10,12H,1-2H3;3-11H,1-2H3;(H,5,6,7);2*2H,1H3;/q-2;;;;;. The zero-order chi connectivity index (χ0) is 32.3. The number of benzene rings is 3. The number of halogens is 3. The molecule has 4 rings (SSSR count). The van der Waals surface area contributed by atoms with Crippen LogP contribution in [-0.2, 0) is 30.2 Å². The number of pyridine rings is 1. The quantitative estimate of drug-likeness (QED) is 0.112. The molecule has 0 saturated carbocycles. The van der Waals surface area contributed by atoms with E-state index in [9.17, 15) is 13.2 Å². The molecule has 6 nitrogen and oxygen atoms in total. The summed E-state index contributed by atoms with van der Waals surface area (Å²) in [5.74, 6) is 1.15. The normalized spacial score (nSPS) is 10.3. The van der Waals surface area contributed by atoms with E-state index in [4.69, 9.17) is 23.2 Å². The number of aliphatic hydroxyl groups excluding tert-OH is 2. The van der Waals surface area contributed by atoms with E-state index in [0.29, 0.717) is 11.8 Å². The molecule has 0 unspecified atom stereocenters. The Morgan fingerprint density at radius 3 is 1.58 bits per heavy atom. The molecule has 0 saturated heterocycles. The van der Waals surface area contributed by atoms with Crippen LogP contribution in [0.2, 0.25) is 0 Å². The van der Waals surface area contributed by atoms with Gasteiger partial charge in [-0.05, 0) is 23.6 Å². The van der Waals surface area contributed by atoms with Crippen LogP contribution in [0, 0.1) is 12.1 Å². The van der Waals surface area contributed by atoms with Crippen LogP contribution in [0.5, 0.6) is 0 Å². The van der Waals surface area contributed by atoms with Crippen molar-refractivity contribution >= 4 is 10.1 Å². The van der Waals surface area contributed by atoms with Crippen LogP contribution in [-0.4, -0.2) is 47.9 Å². The molecule has 0 spiro atoms. The molecule has 0 aliphatic rings. The summed E-state index contributed by atoms with van der Waals surface area (Å²) in [4.78, 5) is 4.32. The minimum atomic E-state index is -5.84. The molecule has 1 aromatic heterocycles. The minimum Gasteiger partial charge on any atom is -0.400 e. The van der Waals surface area contributed by atoms with Crippen molar-refractivity contribution in [3.63, 3.8) is 0 Å². The molecule has 0 atom stereocenters. The maximum atomic E-state index is 10.7. The fourth-order valence-electron chi connectivity index (χ4n) is 3.10. The van der Waals surface area contributed by atoms with Gasteiger partial charge in [0.2, 0.25) is 0 Å². The van der Waals surface area contributed by atoms with E-state index in [1.807, 2.05) is 42.6 Å². The molecule has 11 heteroatoms. The van der Waals surface area contributed by atoms with Crippen molar-refractivity contribution in [1.82, 2.24) is 4.98 Å². The number of hydrogen-bond acceptors (Lipinski definition) is 5. The average Bonchev–Trinajstić information content (AvgIpc) is 3.00. The van der Waals surface area contributed by atoms with Gasteiger partial charge in [0, 0.05) is 46.1 Å². The third kappa shape index (κ3) is 15.9. The first-order chi connectivity index (χ1) is 19.8. The topological polar surface area (TPSA) is 108 Å². The van der Waals surface area contributed by atoms with E-state index in [1.54, 1.807) is 0 Å². The number of rotatable bonds is 4. The van der Waals surface area contributed by atoms with E-state index >= 15 is 0 Å². The summed E-state index contributed by atoms with van der Waals surface area (Å²) in [6, 6.07) is 35.4. The minimum absolute atomic E-state index is 0. The second kappa shape index (κ2) is 21.7. The van der Waals surface area contributed by atoms with Crippen molar-refractivity contribution in [2.24, 2.45) is 0 Å². The van der Waals surface area contributed by atoms with Crippen molar-refractivity contribution in [3.05, 3.63) is 114 Å². The van der Waals surface area contributed by atoms with E-state index in [-0.39, 0.29) is 20.1 Å². The molecular formula is C32H38F3IrNO5S-2.